The second kappa shape index (κ2) is 14.8. The van der Waals surface area contributed by atoms with Crippen LogP contribution in [0.3, 0.4) is 0 Å². The van der Waals surface area contributed by atoms with E-state index in [0.717, 1.165) is 0 Å². The molecule has 3 aromatic carbocycles. The molecule has 0 heterocycles. The van der Waals surface area contributed by atoms with Crippen molar-refractivity contribution in [2.75, 3.05) is 23.8 Å². The Labute approximate surface area is 245 Å². The molecule has 0 aliphatic carbocycles. The monoisotopic (exact) mass is 611 g/mol. The van der Waals surface area contributed by atoms with E-state index in [1.165, 1.54) is 18.2 Å². The van der Waals surface area contributed by atoms with Crippen molar-refractivity contribution >= 4 is 75.6 Å². The van der Waals surface area contributed by atoms with Gasteiger partial charge in [0, 0.05) is 39.8 Å². The highest BCUT2D eigenvalue weighted by Gasteiger charge is 2.10. The van der Waals surface area contributed by atoms with Crippen LogP contribution in [0, 0.1) is 0 Å². The Morgan fingerprint density at radius 2 is 1.10 bits per heavy atom. The van der Waals surface area contributed by atoms with E-state index in [1.54, 1.807) is 36.4 Å². The van der Waals surface area contributed by atoms with E-state index in [9.17, 15) is 19.5 Å². The molecule has 0 saturated carbocycles. The summed E-state index contributed by atoms with van der Waals surface area (Å²) in [5.41, 5.74) is 0.184. The molecule has 0 radical (unpaired) electrons. The summed E-state index contributed by atoms with van der Waals surface area (Å²) in [4.78, 5) is 36.2. The lowest BCUT2D eigenvalue weighted by atomic mass is 10.1. The molecule has 39 heavy (non-hydrogen) atoms. The quantitative estimate of drug-likeness (QED) is 0.220. The first-order valence-electron chi connectivity index (χ1n) is 11.7. The first-order chi connectivity index (χ1) is 18.6. The van der Waals surface area contributed by atoms with E-state index in [2.05, 4.69) is 10.6 Å². The van der Waals surface area contributed by atoms with Gasteiger partial charge in [0.1, 0.15) is 11.5 Å². The summed E-state index contributed by atoms with van der Waals surface area (Å²) in [5.74, 6) is -1.30. The predicted octanol–water partition coefficient (Wildman–Crippen LogP) is 6.26. The predicted molar refractivity (Wildman–Crippen MR) is 150 cm³/mol. The number of carbonyl (C=O) groups is 3. The second-order valence-electron chi connectivity index (χ2n) is 8.24. The summed E-state index contributed by atoms with van der Waals surface area (Å²) in [6.45, 7) is 0.451. The summed E-state index contributed by atoms with van der Waals surface area (Å²) < 4.78 is 11.1. The first-order valence-corrected chi connectivity index (χ1v) is 13.2. The summed E-state index contributed by atoms with van der Waals surface area (Å²) in [5, 5.41) is 18.4. The van der Waals surface area contributed by atoms with Crippen molar-refractivity contribution in [1.82, 2.24) is 0 Å². The van der Waals surface area contributed by atoms with Gasteiger partial charge in [-0.05, 0) is 67.4 Å². The number of ether oxygens (including phenoxy) is 2. The molecule has 0 aliphatic rings. The third-order valence-corrected chi connectivity index (χ3v) is 6.20. The van der Waals surface area contributed by atoms with Gasteiger partial charge in [0.25, 0.3) is 0 Å². The van der Waals surface area contributed by atoms with Crippen LogP contribution in [0.1, 0.15) is 36.0 Å². The molecule has 2 N–H and O–H groups in total. The molecule has 206 valence electrons. The smallest absolute Gasteiger partial charge is 0.224 e. The zero-order chi connectivity index (χ0) is 28.4. The third-order valence-electron chi connectivity index (χ3n) is 5.14. The molecule has 0 bridgehead atoms. The minimum absolute atomic E-state index is 0.0973. The fraction of sp³-hybridized carbons (Fsp3) is 0.222. The lowest BCUT2D eigenvalue weighted by Gasteiger charge is -2.13. The summed E-state index contributed by atoms with van der Waals surface area (Å²) >= 11 is 23.8. The van der Waals surface area contributed by atoms with Crippen molar-refractivity contribution < 1.29 is 29.0 Å². The number of carbonyl (C=O) groups excluding carboxylic acids is 3. The molecular weight excluding hydrogens is 590 g/mol. The van der Waals surface area contributed by atoms with Gasteiger partial charge in [-0.3, -0.25) is 9.59 Å². The first kappa shape index (κ1) is 30.4. The number of anilines is 2. The summed E-state index contributed by atoms with van der Waals surface area (Å²) in [6.07, 6.45) is 0.940. The maximum absolute atomic E-state index is 12.4. The van der Waals surface area contributed by atoms with E-state index in [4.69, 9.17) is 55.9 Å². The number of aromatic carboxylic acids is 1. The van der Waals surface area contributed by atoms with Crippen LogP contribution in [-0.2, 0) is 9.59 Å². The van der Waals surface area contributed by atoms with Crippen LogP contribution >= 0.6 is 46.4 Å². The summed E-state index contributed by atoms with van der Waals surface area (Å²) in [6, 6.07) is 13.6. The fourth-order valence-electron chi connectivity index (χ4n) is 3.35. The van der Waals surface area contributed by atoms with Gasteiger partial charge in [-0.25, -0.2) is 0 Å². The number of rotatable bonds is 13. The number of carboxylic acids is 1. The van der Waals surface area contributed by atoms with Crippen molar-refractivity contribution in [1.29, 1.82) is 0 Å². The number of halogens is 4. The molecule has 3 rings (SSSR count). The number of hydrogen-bond donors (Lipinski definition) is 2. The molecule has 0 unspecified atom stereocenters. The van der Waals surface area contributed by atoms with Gasteiger partial charge in [0.2, 0.25) is 11.8 Å². The van der Waals surface area contributed by atoms with Gasteiger partial charge in [0.05, 0.1) is 29.2 Å². The number of nitrogens with one attached hydrogen (secondary N) is 2. The molecule has 0 aromatic heterocycles. The number of hydrogen-bond acceptors (Lipinski definition) is 6. The van der Waals surface area contributed by atoms with E-state index >= 15 is 0 Å². The van der Waals surface area contributed by atoms with Gasteiger partial charge in [-0.15, -0.1) is 0 Å². The largest absolute Gasteiger partial charge is 0.545 e. The molecular formula is C27H23Cl4N2O6-. The number of amides is 2. The van der Waals surface area contributed by atoms with Crippen molar-refractivity contribution in [3.63, 3.8) is 0 Å². The molecule has 2 amide bonds. The van der Waals surface area contributed by atoms with Crippen molar-refractivity contribution in [3.05, 3.63) is 80.3 Å². The van der Waals surface area contributed by atoms with E-state index in [0.29, 0.717) is 44.4 Å². The average molecular weight is 613 g/mol. The Hall–Kier alpha value is -3.17. The summed E-state index contributed by atoms with van der Waals surface area (Å²) in [7, 11) is 0. The molecule has 0 aliphatic heterocycles. The average Bonchev–Trinajstić information content (AvgIpc) is 2.86. The second-order valence-corrected chi connectivity index (χ2v) is 9.92. The van der Waals surface area contributed by atoms with Crippen molar-refractivity contribution in [2.24, 2.45) is 0 Å². The van der Waals surface area contributed by atoms with Crippen molar-refractivity contribution in [2.45, 2.75) is 25.7 Å². The Bertz CT molecular complexity index is 1260. The lowest BCUT2D eigenvalue weighted by molar-refractivity contribution is -0.255. The molecule has 3 aromatic rings. The Morgan fingerprint density at radius 1 is 0.667 bits per heavy atom. The molecule has 0 saturated heterocycles. The Kier molecular flexibility index (Phi) is 11.6. The highest BCUT2D eigenvalue weighted by molar-refractivity contribution is 6.36. The highest BCUT2D eigenvalue weighted by atomic mass is 35.5. The number of carboxylic acid groups (broad SMARTS) is 1. The fourth-order valence-corrected chi connectivity index (χ4v) is 4.28. The third kappa shape index (κ3) is 10.1. The zero-order valence-electron chi connectivity index (χ0n) is 20.4. The SMILES string of the molecule is O=C(CCCOc1ccc(Cl)cc1Cl)Nc1cc(NC(=O)CCCOc2ccc(Cl)cc2Cl)cc(C(=O)[O-])c1. The maximum atomic E-state index is 12.4. The standard InChI is InChI=1S/C27H24Cl4N2O6/c28-17-5-7-23(21(30)13-17)38-9-1-3-25(34)32-19-11-16(27(36)37)12-20(15-19)33-26(35)4-2-10-39-24-8-6-18(29)14-22(24)31/h5-8,11-15H,1-4,9-10H2,(H,32,34)(H,33,35)(H,36,37)/p-1. The molecule has 8 nitrogen and oxygen atoms in total. The van der Waals surface area contributed by atoms with Gasteiger partial charge < -0.3 is 30.0 Å². The maximum Gasteiger partial charge on any atom is 0.224 e. The Balaban J connectivity index is 1.48. The molecule has 0 spiro atoms. The Morgan fingerprint density at radius 3 is 1.49 bits per heavy atom. The zero-order valence-corrected chi connectivity index (χ0v) is 23.4. The van der Waals surface area contributed by atoms with Gasteiger partial charge in [-0.2, -0.15) is 0 Å². The van der Waals surface area contributed by atoms with Crippen LogP contribution in [0.25, 0.3) is 0 Å². The number of benzene rings is 3. The van der Waals surface area contributed by atoms with Crippen molar-refractivity contribution in [3.8, 4) is 11.5 Å². The normalized spacial score (nSPS) is 10.6. The van der Waals surface area contributed by atoms with Crippen LogP contribution in [-0.4, -0.2) is 31.0 Å². The van der Waals surface area contributed by atoms with E-state index in [-0.39, 0.29) is 54.8 Å². The molecule has 12 heteroatoms. The molecule has 0 fully saturated rings. The lowest BCUT2D eigenvalue weighted by Crippen LogP contribution is -2.23. The van der Waals surface area contributed by atoms with Crippen LogP contribution in [0.4, 0.5) is 11.4 Å². The van der Waals surface area contributed by atoms with Crippen LogP contribution in [0.2, 0.25) is 20.1 Å². The van der Waals surface area contributed by atoms with Gasteiger partial charge in [0.15, 0.2) is 0 Å². The highest BCUT2D eigenvalue weighted by Crippen LogP contribution is 2.28. The van der Waals surface area contributed by atoms with Crippen LogP contribution in [0.5, 0.6) is 11.5 Å². The van der Waals surface area contributed by atoms with E-state index < -0.39 is 5.97 Å². The van der Waals surface area contributed by atoms with Gasteiger partial charge in [-0.1, -0.05) is 46.4 Å². The van der Waals surface area contributed by atoms with Crippen LogP contribution in [0.15, 0.2) is 54.6 Å². The topological polar surface area (TPSA) is 117 Å². The minimum atomic E-state index is -1.46. The minimum Gasteiger partial charge on any atom is -0.545 e. The van der Waals surface area contributed by atoms with Crippen LogP contribution < -0.4 is 25.2 Å². The molecule has 0 atom stereocenters. The van der Waals surface area contributed by atoms with E-state index in [1.807, 2.05) is 0 Å². The van der Waals surface area contributed by atoms with Gasteiger partial charge >= 0.3 is 0 Å².